The van der Waals surface area contributed by atoms with Gasteiger partial charge < -0.3 is 4.74 Å². The average Bonchev–Trinajstić information content (AvgIpc) is 3.00. The van der Waals surface area contributed by atoms with E-state index in [0.717, 1.165) is 38.5 Å². The Hall–Kier alpha value is -1.12. The molecule has 4 rings (SSSR count). The van der Waals surface area contributed by atoms with Crippen LogP contribution in [0.1, 0.15) is 120 Å². The van der Waals surface area contributed by atoms with Crippen molar-refractivity contribution in [2.75, 3.05) is 0 Å². The molecule has 0 saturated heterocycles. The van der Waals surface area contributed by atoms with Crippen molar-refractivity contribution >= 4 is 11.8 Å². The topological polar surface area (TPSA) is 43.4 Å². The Labute approximate surface area is 215 Å². The minimum atomic E-state index is -0.173. The number of rotatable bonds is 5. The number of Topliss-reactive ketones (excluding diaryl/α,β-unsaturated/α-hetero) is 1. The van der Waals surface area contributed by atoms with Gasteiger partial charge in [0.2, 0.25) is 0 Å². The SMILES string of the molecule is CC(=O)O[C@H]1CC[C@]2(C)[C@H]3C(=O)C[C@]4(C)[C@@H]([C@H](C)CCC=C(C)C)CC[C@@]4(C)[C@@H]3CC[C@H]2C1(C)C. The summed E-state index contributed by atoms with van der Waals surface area (Å²) in [5.41, 5.74) is 1.68. The van der Waals surface area contributed by atoms with E-state index in [4.69, 9.17) is 4.74 Å². The molecule has 0 aromatic carbocycles. The number of fused-ring (bicyclic) bond motifs is 5. The van der Waals surface area contributed by atoms with Gasteiger partial charge >= 0.3 is 5.97 Å². The molecule has 0 amide bonds. The minimum absolute atomic E-state index is 0.0115. The van der Waals surface area contributed by atoms with Crippen LogP contribution in [0.25, 0.3) is 0 Å². The van der Waals surface area contributed by atoms with Gasteiger partial charge in [-0.25, -0.2) is 0 Å². The second-order valence-corrected chi connectivity index (χ2v) is 14.6. The van der Waals surface area contributed by atoms with E-state index in [0.29, 0.717) is 29.5 Å². The first-order chi connectivity index (χ1) is 16.2. The third kappa shape index (κ3) is 4.06. The Kier molecular flexibility index (Phi) is 6.94. The molecule has 0 unspecified atom stereocenters. The van der Waals surface area contributed by atoms with Crippen LogP contribution in [-0.2, 0) is 14.3 Å². The first-order valence-electron chi connectivity index (χ1n) is 14.5. The van der Waals surface area contributed by atoms with Gasteiger partial charge in [0.1, 0.15) is 11.9 Å². The molecule has 0 N–H and O–H groups in total. The predicted octanol–water partition coefficient (Wildman–Crippen LogP) is 8.16. The summed E-state index contributed by atoms with van der Waals surface area (Å²) in [7, 11) is 0. The summed E-state index contributed by atoms with van der Waals surface area (Å²) in [6.45, 7) is 20.4. The van der Waals surface area contributed by atoms with Crippen LogP contribution in [0.15, 0.2) is 11.6 Å². The van der Waals surface area contributed by atoms with Gasteiger partial charge in [-0.15, -0.1) is 0 Å². The number of esters is 1. The number of ketones is 1. The van der Waals surface area contributed by atoms with E-state index in [9.17, 15) is 9.59 Å². The van der Waals surface area contributed by atoms with E-state index in [1.165, 1.54) is 31.8 Å². The molecule has 0 bridgehead atoms. The van der Waals surface area contributed by atoms with Gasteiger partial charge in [0.15, 0.2) is 0 Å². The van der Waals surface area contributed by atoms with Crippen molar-refractivity contribution in [3.63, 3.8) is 0 Å². The van der Waals surface area contributed by atoms with Crippen molar-refractivity contribution in [2.45, 2.75) is 126 Å². The third-order valence-electron chi connectivity index (χ3n) is 12.3. The lowest BCUT2D eigenvalue weighted by Crippen LogP contribution is -2.64. The summed E-state index contributed by atoms with van der Waals surface area (Å²) < 4.78 is 5.83. The molecule has 4 aliphatic carbocycles. The summed E-state index contributed by atoms with van der Waals surface area (Å²) in [4.78, 5) is 26.1. The molecule has 0 aromatic heterocycles. The van der Waals surface area contributed by atoms with E-state index in [-0.39, 0.29) is 39.7 Å². The second kappa shape index (κ2) is 9.02. The van der Waals surface area contributed by atoms with Gasteiger partial charge in [-0.3, -0.25) is 9.59 Å². The number of hydrogen-bond donors (Lipinski definition) is 0. The number of ether oxygens (including phenoxy) is 1. The third-order valence-corrected chi connectivity index (χ3v) is 12.3. The van der Waals surface area contributed by atoms with Gasteiger partial charge in [0.25, 0.3) is 0 Å². The summed E-state index contributed by atoms with van der Waals surface area (Å²) in [5, 5.41) is 0. The zero-order chi connectivity index (χ0) is 26.0. The molecule has 198 valence electrons. The number of carbonyl (C=O) groups excluding carboxylic acids is 2. The van der Waals surface area contributed by atoms with Gasteiger partial charge in [-0.1, -0.05) is 53.2 Å². The summed E-state index contributed by atoms with van der Waals surface area (Å²) in [5.74, 6) is 2.76. The molecule has 0 spiro atoms. The highest BCUT2D eigenvalue weighted by atomic mass is 16.5. The molecular weight excluding hydrogens is 432 g/mol. The molecule has 4 aliphatic rings. The van der Waals surface area contributed by atoms with E-state index in [1.54, 1.807) is 0 Å². The van der Waals surface area contributed by atoms with Crippen molar-refractivity contribution in [3.8, 4) is 0 Å². The maximum atomic E-state index is 14.2. The van der Waals surface area contributed by atoms with E-state index in [2.05, 4.69) is 61.5 Å². The van der Waals surface area contributed by atoms with Crippen molar-refractivity contribution < 1.29 is 14.3 Å². The molecule has 3 heteroatoms. The van der Waals surface area contributed by atoms with Crippen LogP contribution in [0, 0.1) is 51.2 Å². The molecular formula is C32H52O3. The predicted molar refractivity (Wildman–Crippen MR) is 143 cm³/mol. The smallest absolute Gasteiger partial charge is 0.302 e. The van der Waals surface area contributed by atoms with Crippen molar-refractivity contribution in [3.05, 3.63) is 11.6 Å². The van der Waals surface area contributed by atoms with E-state index >= 15 is 0 Å². The lowest BCUT2D eigenvalue weighted by molar-refractivity contribution is -0.207. The second-order valence-electron chi connectivity index (χ2n) is 14.6. The zero-order valence-corrected chi connectivity index (χ0v) is 24.1. The molecule has 0 aliphatic heterocycles. The van der Waals surface area contributed by atoms with Crippen molar-refractivity contribution in [1.82, 2.24) is 0 Å². The molecule has 0 aromatic rings. The van der Waals surface area contributed by atoms with Crippen LogP contribution in [0.2, 0.25) is 0 Å². The number of carbonyl (C=O) groups is 2. The molecule has 4 fully saturated rings. The highest BCUT2D eigenvalue weighted by Gasteiger charge is 2.70. The summed E-state index contributed by atoms with van der Waals surface area (Å²) in [6.07, 6.45) is 12.2. The highest BCUT2D eigenvalue weighted by molar-refractivity contribution is 5.84. The maximum Gasteiger partial charge on any atom is 0.302 e. The number of hydrogen-bond acceptors (Lipinski definition) is 3. The van der Waals surface area contributed by atoms with Crippen molar-refractivity contribution in [1.29, 1.82) is 0 Å². The van der Waals surface area contributed by atoms with Crippen LogP contribution < -0.4 is 0 Å². The Bertz CT molecular complexity index is 881. The minimum Gasteiger partial charge on any atom is -0.462 e. The lowest BCUT2D eigenvalue weighted by Gasteiger charge is -2.66. The summed E-state index contributed by atoms with van der Waals surface area (Å²) in [6, 6.07) is 0. The first-order valence-corrected chi connectivity index (χ1v) is 14.5. The Morgan fingerprint density at radius 1 is 1.00 bits per heavy atom. The molecule has 0 radical (unpaired) electrons. The van der Waals surface area contributed by atoms with Crippen LogP contribution in [-0.4, -0.2) is 17.9 Å². The maximum absolute atomic E-state index is 14.2. The van der Waals surface area contributed by atoms with Crippen LogP contribution in [0.4, 0.5) is 0 Å². The largest absolute Gasteiger partial charge is 0.462 e. The first kappa shape index (κ1) is 26.9. The van der Waals surface area contributed by atoms with Crippen LogP contribution in [0.3, 0.4) is 0 Å². The zero-order valence-electron chi connectivity index (χ0n) is 24.1. The molecule has 3 nitrogen and oxygen atoms in total. The molecule has 9 atom stereocenters. The number of allylic oxidation sites excluding steroid dienone is 2. The molecule has 35 heavy (non-hydrogen) atoms. The average molecular weight is 485 g/mol. The Morgan fingerprint density at radius 2 is 1.69 bits per heavy atom. The normalized spacial score (nSPS) is 45.1. The van der Waals surface area contributed by atoms with Crippen LogP contribution in [0.5, 0.6) is 0 Å². The molecule has 4 saturated carbocycles. The quantitative estimate of drug-likeness (QED) is 0.292. The van der Waals surface area contributed by atoms with Crippen molar-refractivity contribution in [2.24, 2.45) is 51.2 Å². The Balaban J connectivity index is 1.62. The highest BCUT2D eigenvalue weighted by Crippen LogP contribution is 2.74. The van der Waals surface area contributed by atoms with Gasteiger partial charge in [-0.2, -0.15) is 0 Å². The van der Waals surface area contributed by atoms with Gasteiger partial charge in [0.05, 0.1) is 0 Å². The van der Waals surface area contributed by atoms with Crippen LogP contribution >= 0.6 is 0 Å². The summed E-state index contributed by atoms with van der Waals surface area (Å²) >= 11 is 0. The fraction of sp³-hybridized carbons (Fsp3) is 0.875. The van der Waals surface area contributed by atoms with E-state index in [1.807, 2.05) is 0 Å². The lowest BCUT2D eigenvalue weighted by atomic mass is 9.37. The monoisotopic (exact) mass is 484 g/mol. The van der Waals surface area contributed by atoms with Gasteiger partial charge in [-0.05, 0) is 105 Å². The fourth-order valence-electron chi connectivity index (χ4n) is 10.4. The van der Waals surface area contributed by atoms with Gasteiger partial charge in [0, 0.05) is 24.7 Å². The Morgan fingerprint density at radius 3 is 2.31 bits per heavy atom. The standard InChI is InChI=1S/C32H52O3/c1-20(2)11-10-12-21(3)23-15-18-31(8)24-13-14-26-29(5,6)27(35-22(4)33)16-17-30(26,7)28(24)25(34)19-32(23,31)9/h11,21,23-24,26-28H,10,12-19H2,1-9H3/t21-,23-,24-,26+,27+,28-,30+,31+,32-/m1/s1. The van der Waals surface area contributed by atoms with E-state index < -0.39 is 0 Å². The molecule has 0 heterocycles. The fourth-order valence-corrected chi connectivity index (χ4v) is 10.4.